The Labute approximate surface area is 116 Å². The Hall–Kier alpha value is -2.09. The number of carbonyl (C=O) groups is 3. The molecule has 19 heavy (non-hydrogen) atoms. The predicted molar refractivity (Wildman–Crippen MR) is 69.7 cm³/mol. The average molecular weight is 331 g/mol. The van der Waals surface area contributed by atoms with E-state index in [2.05, 4.69) is 15.9 Å². The molecule has 4 N–H and O–H groups in total. The number of nitrogen functional groups attached to an aromatic ring is 1. The summed E-state index contributed by atoms with van der Waals surface area (Å²) in [6, 6.07) is 4.44. The Morgan fingerprint density at radius 1 is 1.16 bits per heavy atom. The van der Waals surface area contributed by atoms with Crippen LogP contribution in [0.15, 0.2) is 22.7 Å². The molecule has 0 aliphatic heterocycles. The molecule has 1 aromatic carbocycles. The van der Waals surface area contributed by atoms with E-state index in [-0.39, 0.29) is 11.3 Å². The molecule has 0 aliphatic carbocycles. The summed E-state index contributed by atoms with van der Waals surface area (Å²) < 4.78 is 0.657. The van der Waals surface area contributed by atoms with Crippen LogP contribution in [0.2, 0.25) is 0 Å². The van der Waals surface area contributed by atoms with Crippen molar-refractivity contribution in [3.05, 3.63) is 28.2 Å². The molecule has 0 radical (unpaired) electrons. The molecule has 0 aromatic heterocycles. The molecule has 0 heterocycles. The lowest BCUT2D eigenvalue weighted by molar-refractivity contribution is -0.140. The van der Waals surface area contributed by atoms with E-state index in [9.17, 15) is 14.4 Å². The van der Waals surface area contributed by atoms with Crippen LogP contribution >= 0.6 is 15.9 Å². The Balaban J connectivity index is 3.04. The molecule has 0 aliphatic rings. The number of rotatable bonds is 5. The van der Waals surface area contributed by atoms with Gasteiger partial charge in [0.2, 0.25) is 0 Å². The number of benzene rings is 1. The molecule has 1 rings (SSSR count). The summed E-state index contributed by atoms with van der Waals surface area (Å²) in [6.45, 7) is -1.42. The standard InChI is InChI=1S/C11H11BrN2O5/c12-6-1-2-7(8(13)3-6)11(19)14(4-9(15)16)5-10(17)18/h1-3H,4-5,13H2,(H,15,16)(H,17,18). The summed E-state index contributed by atoms with van der Waals surface area (Å²) in [5.74, 6) is -3.34. The van der Waals surface area contributed by atoms with E-state index < -0.39 is 30.9 Å². The summed E-state index contributed by atoms with van der Waals surface area (Å²) in [6.07, 6.45) is 0. The van der Waals surface area contributed by atoms with Crippen LogP contribution in [0.5, 0.6) is 0 Å². The zero-order valence-electron chi connectivity index (χ0n) is 9.67. The van der Waals surface area contributed by atoms with Crippen LogP contribution < -0.4 is 5.73 Å². The Morgan fingerprint density at radius 2 is 1.68 bits per heavy atom. The lowest BCUT2D eigenvalue weighted by Gasteiger charge is -2.19. The largest absolute Gasteiger partial charge is 0.480 e. The summed E-state index contributed by atoms with van der Waals surface area (Å²) >= 11 is 3.17. The molecule has 0 fully saturated rings. The van der Waals surface area contributed by atoms with Crippen LogP contribution in [0, 0.1) is 0 Å². The molecule has 0 saturated carbocycles. The molecule has 1 aromatic rings. The first-order chi connectivity index (χ1) is 8.81. The topological polar surface area (TPSA) is 121 Å². The number of hydrogen-bond acceptors (Lipinski definition) is 4. The average Bonchev–Trinajstić information content (AvgIpc) is 2.26. The smallest absolute Gasteiger partial charge is 0.323 e. The lowest BCUT2D eigenvalue weighted by atomic mass is 10.1. The minimum atomic E-state index is -1.30. The van der Waals surface area contributed by atoms with E-state index in [0.717, 1.165) is 0 Å². The number of halogens is 1. The maximum Gasteiger partial charge on any atom is 0.323 e. The van der Waals surface area contributed by atoms with Crippen LogP contribution in [0.4, 0.5) is 5.69 Å². The van der Waals surface area contributed by atoms with Crippen molar-refractivity contribution in [1.29, 1.82) is 0 Å². The number of aliphatic carboxylic acids is 2. The van der Waals surface area contributed by atoms with Gasteiger partial charge in [-0.3, -0.25) is 14.4 Å². The van der Waals surface area contributed by atoms with Gasteiger partial charge in [-0.2, -0.15) is 0 Å². The van der Waals surface area contributed by atoms with Crippen molar-refractivity contribution in [2.24, 2.45) is 0 Å². The van der Waals surface area contributed by atoms with E-state index in [1.54, 1.807) is 6.07 Å². The highest BCUT2D eigenvalue weighted by molar-refractivity contribution is 9.10. The van der Waals surface area contributed by atoms with Gasteiger partial charge in [-0.1, -0.05) is 15.9 Å². The monoisotopic (exact) mass is 330 g/mol. The SMILES string of the molecule is Nc1cc(Br)ccc1C(=O)N(CC(=O)O)CC(=O)O. The zero-order chi connectivity index (χ0) is 14.6. The number of nitrogens with zero attached hydrogens (tertiary/aromatic N) is 1. The second-order valence-corrected chi connectivity index (χ2v) is 4.60. The van der Waals surface area contributed by atoms with Gasteiger partial charge in [-0.05, 0) is 18.2 Å². The number of carboxylic acid groups (broad SMARTS) is 2. The second kappa shape index (κ2) is 6.19. The number of carboxylic acids is 2. The van der Waals surface area contributed by atoms with Gasteiger partial charge in [0.05, 0.1) is 5.56 Å². The minimum Gasteiger partial charge on any atom is -0.480 e. The van der Waals surface area contributed by atoms with E-state index in [1.165, 1.54) is 12.1 Å². The lowest BCUT2D eigenvalue weighted by Crippen LogP contribution is -2.39. The molecule has 0 unspecified atom stereocenters. The van der Waals surface area contributed by atoms with Crippen molar-refractivity contribution in [3.63, 3.8) is 0 Å². The van der Waals surface area contributed by atoms with Crippen LogP contribution in [-0.4, -0.2) is 46.0 Å². The van der Waals surface area contributed by atoms with Crippen LogP contribution in [0.1, 0.15) is 10.4 Å². The molecule has 0 saturated heterocycles. The molecular formula is C11H11BrN2O5. The van der Waals surface area contributed by atoms with Crippen molar-refractivity contribution in [3.8, 4) is 0 Å². The minimum absolute atomic E-state index is 0.0608. The van der Waals surface area contributed by atoms with Gasteiger partial charge < -0.3 is 20.8 Å². The molecule has 0 atom stereocenters. The third-order valence-corrected chi connectivity index (χ3v) is 2.68. The van der Waals surface area contributed by atoms with Crippen LogP contribution in [0.25, 0.3) is 0 Å². The molecule has 1 amide bonds. The van der Waals surface area contributed by atoms with Crippen molar-refractivity contribution in [1.82, 2.24) is 4.90 Å². The number of carbonyl (C=O) groups excluding carboxylic acids is 1. The van der Waals surface area contributed by atoms with E-state index in [1.807, 2.05) is 0 Å². The van der Waals surface area contributed by atoms with Crippen molar-refractivity contribution in [2.45, 2.75) is 0 Å². The second-order valence-electron chi connectivity index (χ2n) is 3.68. The third-order valence-electron chi connectivity index (χ3n) is 2.18. The summed E-state index contributed by atoms with van der Waals surface area (Å²) in [4.78, 5) is 34.0. The Bertz CT molecular complexity index is 516. The van der Waals surface area contributed by atoms with Gasteiger partial charge in [0, 0.05) is 10.2 Å². The van der Waals surface area contributed by atoms with Crippen LogP contribution in [0.3, 0.4) is 0 Å². The van der Waals surface area contributed by atoms with Crippen LogP contribution in [-0.2, 0) is 9.59 Å². The quantitative estimate of drug-likeness (QED) is 0.681. The summed E-state index contributed by atoms with van der Waals surface area (Å²) in [7, 11) is 0. The summed E-state index contributed by atoms with van der Waals surface area (Å²) in [5.41, 5.74) is 5.85. The fraction of sp³-hybridized carbons (Fsp3) is 0.182. The predicted octanol–water partition coefficient (Wildman–Crippen LogP) is 0.643. The van der Waals surface area contributed by atoms with Gasteiger partial charge in [-0.25, -0.2) is 0 Å². The van der Waals surface area contributed by atoms with Crippen molar-refractivity contribution < 1.29 is 24.6 Å². The highest BCUT2D eigenvalue weighted by Gasteiger charge is 2.22. The zero-order valence-corrected chi connectivity index (χ0v) is 11.3. The first kappa shape index (κ1) is 15.0. The van der Waals surface area contributed by atoms with Gasteiger partial charge in [0.25, 0.3) is 5.91 Å². The normalized spacial score (nSPS) is 9.95. The molecule has 0 spiro atoms. The van der Waals surface area contributed by atoms with E-state index >= 15 is 0 Å². The van der Waals surface area contributed by atoms with Gasteiger partial charge in [0.1, 0.15) is 13.1 Å². The molecule has 0 bridgehead atoms. The number of hydrogen-bond donors (Lipinski definition) is 3. The fourth-order valence-corrected chi connectivity index (χ4v) is 1.80. The fourth-order valence-electron chi connectivity index (χ4n) is 1.42. The highest BCUT2D eigenvalue weighted by Crippen LogP contribution is 2.20. The number of anilines is 1. The maximum absolute atomic E-state index is 12.1. The Kier molecular flexibility index (Phi) is 4.87. The molecule has 102 valence electrons. The first-order valence-corrected chi connectivity index (χ1v) is 5.88. The maximum atomic E-state index is 12.1. The molecular weight excluding hydrogens is 320 g/mol. The van der Waals surface area contributed by atoms with Gasteiger partial charge in [-0.15, -0.1) is 0 Å². The molecule has 8 heteroatoms. The van der Waals surface area contributed by atoms with Crippen molar-refractivity contribution >= 4 is 39.5 Å². The number of amides is 1. The highest BCUT2D eigenvalue weighted by atomic mass is 79.9. The molecule has 7 nitrogen and oxygen atoms in total. The van der Waals surface area contributed by atoms with Gasteiger partial charge >= 0.3 is 11.9 Å². The van der Waals surface area contributed by atoms with Gasteiger partial charge in [0.15, 0.2) is 0 Å². The van der Waals surface area contributed by atoms with Crippen molar-refractivity contribution in [2.75, 3.05) is 18.8 Å². The first-order valence-electron chi connectivity index (χ1n) is 5.09. The third kappa shape index (κ3) is 4.25. The Morgan fingerprint density at radius 3 is 2.11 bits per heavy atom. The summed E-state index contributed by atoms with van der Waals surface area (Å²) in [5, 5.41) is 17.4. The number of nitrogens with two attached hydrogens (primary N) is 1. The van der Waals surface area contributed by atoms with E-state index in [0.29, 0.717) is 9.37 Å². The van der Waals surface area contributed by atoms with E-state index in [4.69, 9.17) is 15.9 Å².